The molecular weight excluding hydrogens is 450 g/mol. The lowest BCUT2D eigenvalue weighted by Crippen LogP contribution is -2.40. The molecule has 32 heavy (non-hydrogen) atoms. The van der Waals surface area contributed by atoms with E-state index in [2.05, 4.69) is 5.32 Å². The third kappa shape index (κ3) is 4.58. The zero-order chi connectivity index (χ0) is 22.7. The summed E-state index contributed by atoms with van der Waals surface area (Å²) in [5.74, 6) is -1.12. The second-order valence-electron chi connectivity index (χ2n) is 7.08. The Morgan fingerprint density at radius 1 is 1.00 bits per heavy atom. The summed E-state index contributed by atoms with van der Waals surface area (Å²) in [5, 5.41) is 3.06. The highest BCUT2D eigenvalue weighted by atomic mass is 32.2. The van der Waals surface area contributed by atoms with Gasteiger partial charge in [0.25, 0.3) is 11.8 Å². The summed E-state index contributed by atoms with van der Waals surface area (Å²) in [7, 11) is -3.65. The molecule has 0 aliphatic carbocycles. The van der Waals surface area contributed by atoms with E-state index in [0.29, 0.717) is 31.3 Å². The Bertz CT molecular complexity index is 1230. The number of thiophene rings is 1. The number of hydrogen-bond donors (Lipinski definition) is 2. The van der Waals surface area contributed by atoms with Gasteiger partial charge in [0.05, 0.1) is 23.7 Å². The molecule has 0 saturated carbocycles. The first kappa shape index (κ1) is 22.2. The maximum absolute atomic E-state index is 12.8. The number of carbonyl (C=O) groups excluding carboxylic acids is 2. The van der Waals surface area contributed by atoms with Crippen molar-refractivity contribution in [2.45, 2.75) is 4.90 Å². The first-order valence-corrected chi connectivity index (χ1v) is 12.1. The average molecular weight is 472 g/mol. The molecule has 1 aliphatic heterocycles. The van der Waals surface area contributed by atoms with E-state index in [9.17, 15) is 18.0 Å². The number of ether oxygens (including phenoxy) is 1. The number of carbonyl (C=O) groups is 2. The summed E-state index contributed by atoms with van der Waals surface area (Å²) in [5.41, 5.74) is 6.87. The molecule has 0 radical (unpaired) electrons. The van der Waals surface area contributed by atoms with Crippen LogP contribution in [0.25, 0.3) is 10.4 Å². The van der Waals surface area contributed by atoms with Crippen molar-refractivity contribution in [2.24, 2.45) is 5.73 Å². The van der Waals surface area contributed by atoms with Gasteiger partial charge in [-0.1, -0.05) is 30.3 Å². The van der Waals surface area contributed by atoms with Crippen molar-refractivity contribution in [3.63, 3.8) is 0 Å². The molecule has 10 heteroatoms. The first-order valence-electron chi connectivity index (χ1n) is 9.84. The minimum absolute atomic E-state index is 0.108. The van der Waals surface area contributed by atoms with E-state index in [-0.39, 0.29) is 16.0 Å². The van der Waals surface area contributed by atoms with E-state index in [1.54, 1.807) is 6.07 Å². The fourth-order valence-corrected chi connectivity index (χ4v) is 5.77. The van der Waals surface area contributed by atoms with E-state index in [4.69, 9.17) is 10.5 Å². The number of amides is 2. The molecule has 0 unspecified atom stereocenters. The number of primary amides is 1. The Kier molecular flexibility index (Phi) is 6.38. The molecule has 4 rings (SSSR count). The van der Waals surface area contributed by atoms with E-state index in [1.807, 2.05) is 30.3 Å². The fourth-order valence-electron chi connectivity index (χ4n) is 3.30. The van der Waals surface area contributed by atoms with Gasteiger partial charge in [0.2, 0.25) is 10.0 Å². The van der Waals surface area contributed by atoms with Gasteiger partial charge in [-0.25, -0.2) is 8.42 Å². The number of morpholine rings is 1. The number of nitrogens with zero attached hydrogens (tertiary/aromatic N) is 1. The molecule has 1 saturated heterocycles. The molecule has 3 N–H and O–H groups in total. The van der Waals surface area contributed by atoms with Crippen molar-refractivity contribution in [3.8, 4) is 10.4 Å². The van der Waals surface area contributed by atoms with Gasteiger partial charge in [0.15, 0.2) is 0 Å². The molecular formula is C22H21N3O5S2. The van der Waals surface area contributed by atoms with Crippen molar-refractivity contribution < 1.29 is 22.7 Å². The number of rotatable bonds is 6. The highest BCUT2D eigenvalue weighted by Gasteiger charge is 2.26. The number of benzene rings is 2. The van der Waals surface area contributed by atoms with E-state index >= 15 is 0 Å². The van der Waals surface area contributed by atoms with Crippen molar-refractivity contribution in [1.29, 1.82) is 0 Å². The van der Waals surface area contributed by atoms with Gasteiger partial charge in [-0.2, -0.15) is 4.31 Å². The van der Waals surface area contributed by atoms with Crippen LogP contribution in [0.4, 0.5) is 5.00 Å². The average Bonchev–Trinajstić information content (AvgIpc) is 3.24. The van der Waals surface area contributed by atoms with Crippen LogP contribution in [0.5, 0.6) is 0 Å². The molecule has 8 nitrogen and oxygen atoms in total. The van der Waals surface area contributed by atoms with Gasteiger partial charge < -0.3 is 15.8 Å². The molecule has 0 atom stereocenters. The number of anilines is 1. The normalized spacial score (nSPS) is 14.8. The molecule has 3 aromatic rings. The maximum atomic E-state index is 12.8. The quantitative estimate of drug-likeness (QED) is 0.573. The zero-order valence-corrected chi connectivity index (χ0v) is 18.6. The van der Waals surface area contributed by atoms with Gasteiger partial charge in [-0.05, 0) is 35.9 Å². The number of nitrogens with one attached hydrogen (secondary N) is 1. The highest BCUT2D eigenvalue weighted by Crippen LogP contribution is 2.35. The second-order valence-corrected chi connectivity index (χ2v) is 10.1. The number of nitrogens with two attached hydrogens (primary N) is 1. The Balaban J connectivity index is 1.54. The third-order valence-electron chi connectivity index (χ3n) is 5.01. The fraction of sp³-hybridized carbons (Fsp3) is 0.182. The smallest absolute Gasteiger partial charge is 0.256 e. The van der Waals surface area contributed by atoms with Gasteiger partial charge in [0.1, 0.15) is 5.00 Å². The van der Waals surface area contributed by atoms with Gasteiger partial charge in [-0.15, -0.1) is 11.3 Å². The molecule has 1 fully saturated rings. The standard InChI is InChI=1S/C22H21N3O5S2/c23-20(26)18-14-19(15-4-2-1-3-5-15)31-22(18)24-21(27)16-6-8-17(9-7-16)32(28,29)25-10-12-30-13-11-25/h1-9,14H,10-13H2,(H2,23,26)(H,24,27). The molecule has 1 aliphatic rings. The van der Waals surface area contributed by atoms with Gasteiger partial charge >= 0.3 is 0 Å². The summed E-state index contributed by atoms with van der Waals surface area (Å²) < 4.78 is 32.0. The molecule has 1 aromatic heterocycles. The molecule has 0 bridgehead atoms. The Hall–Kier alpha value is -3.05. The Labute approximate surface area is 189 Å². The topological polar surface area (TPSA) is 119 Å². The third-order valence-corrected chi connectivity index (χ3v) is 8.02. The molecule has 2 heterocycles. The first-order chi connectivity index (χ1) is 15.4. The van der Waals surface area contributed by atoms with Crippen LogP contribution < -0.4 is 11.1 Å². The van der Waals surface area contributed by atoms with Crippen molar-refractivity contribution >= 4 is 38.2 Å². The van der Waals surface area contributed by atoms with Crippen LogP contribution in [0, 0.1) is 0 Å². The van der Waals surface area contributed by atoms with Crippen molar-refractivity contribution in [1.82, 2.24) is 4.31 Å². The largest absolute Gasteiger partial charge is 0.379 e. The molecule has 0 spiro atoms. The Morgan fingerprint density at radius 3 is 2.28 bits per heavy atom. The summed E-state index contributed by atoms with van der Waals surface area (Å²) >= 11 is 1.24. The molecule has 2 amide bonds. The van der Waals surface area contributed by atoms with Gasteiger partial charge in [0, 0.05) is 23.5 Å². The predicted molar refractivity (Wildman–Crippen MR) is 122 cm³/mol. The second kappa shape index (κ2) is 9.21. The summed E-state index contributed by atoms with van der Waals surface area (Å²) in [4.78, 5) is 25.6. The Morgan fingerprint density at radius 2 is 1.66 bits per heavy atom. The van der Waals surface area contributed by atoms with E-state index in [1.165, 1.54) is 39.9 Å². The summed E-state index contributed by atoms with van der Waals surface area (Å²) in [6, 6.07) is 16.8. The summed E-state index contributed by atoms with van der Waals surface area (Å²) in [6.07, 6.45) is 0. The van der Waals surface area contributed by atoms with Crippen LogP contribution in [-0.4, -0.2) is 50.8 Å². The minimum atomic E-state index is -3.65. The maximum Gasteiger partial charge on any atom is 0.256 e. The van der Waals surface area contributed by atoms with E-state index < -0.39 is 21.8 Å². The summed E-state index contributed by atoms with van der Waals surface area (Å²) in [6.45, 7) is 1.30. The number of sulfonamides is 1. The zero-order valence-electron chi connectivity index (χ0n) is 17.0. The van der Waals surface area contributed by atoms with Crippen LogP contribution in [0.15, 0.2) is 65.6 Å². The minimum Gasteiger partial charge on any atom is -0.379 e. The predicted octanol–water partition coefficient (Wildman–Crippen LogP) is 2.79. The molecule has 166 valence electrons. The SMILES string of the molecule is NC(=O)c1cc(-c2ccccc2)sc1NC(=O)c1ccc(S(=O)(=O)N2CCOCC2)cc1. The highest BCUT2D eigenvalue weighted by molar-refractivity contribution is 7.89. The van der Waals surface area contributed by atoms with Gasteiger partial charge in [-0.3, -0.25) is 9.59 Å². The van der Waals surface area contributed by atoms with Crippen molar-refractivity contribution in [2.75, 3.05) is 31.6 Å². The van der Waals surface area contributed by atoms with Crippen LogP contribution in [0.3, 0.4) is 0 Å². The van der Waals surface area contributed by atoms with Crippen molar-refractivity contribution in [3.05, 3.63) is 71.8 Å². The lowest BCUT2D eigenvalue weighted by Gasteiger charge is -2.26. The number of hydrogen-bond acceptors (Lipinski definition) is 6. The lowest BCUT2D eigenvalue weighted by atomic mass is 10.1. The molecule has 2 aromatic carbocycles. The lowest BCUT2D eigenvalue weighted by molar-refractivity contribution is 0.0730. The monoisotopic (exact) mass is 471 g/mol. The van der Waals surface area contributed by atoms with Crippen LogP contribution in [0.1, 0.15) is 20.7 Å². The van der Waals surface area contributed by atoms with E-state index in [0.717, 1.165) is 10.4 Å². The van der Waals surface area contributed by atoms with Crippen LogP contribution in [0.2, 0.25) is 0 Å². The van der Waals surface area contributed by atoms with Crippen LogP contribution in [-0.2, 0) is 14.8 Å². The van der Waals surface area contributed by atoms with Crippen LogP contribution >= 0.6 is 11.3 Å².